The van der Waals surface area contributed by atoms with E-state index in [4.69, 9.17) is 4.74 Å². The number of rotatable bonds is 5. The summed E-state index contributed by atoms with van der Waals surface area (Å²) < 4.78 is 7.16. The Kier molecular flexibility index (Phi) is 4.86. The van der Waals surface area contributed by atoms with Crippen LogP contribution in [0.5, 0.6) is 0 Å². The number of nitrogens with one attached hydrogen (secondary N) is 1. The zero-order valence-electron chi connectivity index (χ0n) is 16.1. The van der Waals surface area contributed by atoms with E-state index in [0.717, 1.165) is 43.2 Å². The normalized spacial score (nSPS) is 22.1. The third kappa shape index (κ3) is 3.43. The highest BCUT2D eigenvalue weighted by Crippen LogP contribution is 2.35. The molecule has 2 aliphatic heterocycles. The summed E-state index contributed by atoms with van der Waals surface area (Å²) in [5.41, 5.74) is 1.68. The molecule has 0 radical (unpaired) electrons. The van der Waals surface area contributed by atoms with E-state index < -0.39 is 0 Å². The van der Waals surface area contributed by atoms with Gasteiger partial charge in [0.25, 0.3) is 0 Å². The van der Waals surface area contributed by atoms with Crippen molar-refractivity contribution in [1.82, 2.24) is 29.7 Å². The Morgan fingerprint density at radius 1 is 1.22 bits per heavy atom. The van der Waals surface area contributed by atoms with Crippen molar-refractivity contribution in [3.63, 3.8) is 0 Å². The average Bonchev–Trinajstić information content (AvgIpc) is 3.31. The Hall–Kier alpha value is -2.42. The number of anilines is 1. The molecule has 0 aliphatic carbocycles. The topological polar surface area (TPSA) is 88.4 Å². The van der Waals surface area contributed by atoms with E-state index >= 15 is 0 Å². The van der Waals surface area contributed by atoms with Crippen molar-refractivity contribution in [3.05, 3.63) is 12.7 Å². The summed E-state index contributed by atoms with van der Waals surface area (Å²) in [5, 5.41) is 2.99. The van der Waals surface area contributed by atoms with Gasteiger partial charge in [-0.1, -0.05) is 0 Å². The fourth-order valence-corrected chi connectivity index (χ4v) is 4.12. The molecule has 0 aromatic carbocycles. The molecule has 2 aromatic rings. The van der Waals surface area contributed by atoms with Crippen LogP contribution in [0.3, 0.4) is 0 Å². The van der Waals surface area contributed by atoms with Gasteiger partial charge in [-0.2, -0.15) is 0 Å². The first kappa shape index (κ1) is 18.0. The third-order valence-electron chi connectivity index (χ3n) is 5.40. The Labute approximate surface area is 158 Å². The Morgan fingerprint density at radius 3 is 2.63 bits per heavy atom. The van der Waals surface area contributed by atoms with Gasteiger partial charge in [0.1, 0.15) is 6.33 Å². The van der Waals surface area contributed by atoms with Gasteiger partial charge in [-0.05, 0) is 13.8 Å². The quantitative estimate of drug-likeness (QED) is 0.840. The largest absolute Gasteiger partial charge is 0.383 e. The van der Waals surface area contributed by atoms with Crippen LogP contribution in [0, 0.1) is 11.8 Å². The zero-order chi connectivity index (χ0) is 19.0. The van der Waals surface area contributed by atoms with Crippen LogP contribution >= 0.6 is 0 Å². The first-order valence-electron chi connectivity index (χ1n) is 9.52. The lowest BCUT2D eigenvalue weighted by molar-refractivity contribution is 0.188. The number of carbonyl (C=O) groups is 1. The molecule has 2 aliphatic rings. The van der Waals surface area contributed by atoms with Crippen LogP contribution in [0.4, 0.5) is 10.6 Å². The molecule has 0 saturated carbocycles. The van der Waals surface area contributed by atoms with Crippen LogP contribution in [-0.2, 0) is 11.3 Å². The second-order valence-corrected chi connectivity index (χ2v) is 7.73. The Bertz CT molecular complexity index is 807. The summed E-state index contributed by atoms with van der Waals surface area (Å²) in [5.74, 6) is 1.84. The van der Waals surface area contributed by atoms with E-state index in [0.29, 0.717) is 25.0 Å². The van der Waals surface area contributed by atoms with Gasteiger partial charge in [0.05, 0.1) is 12.9 Å². The summed E-state index contributed by atoms with van der Waals surface area (Å²) in [6.45, 7) is 8.71. The molecular weight excluding hydrogens is 346 g/mol. The van der Waals surface area contributed by atoms with Crippen LogP contribution < -0.4 is 10.2 Å². The monoisotopic (exact) mass is 373 g/mol. The van der Waals surface area contributed by atoms with Crippen LogP contribution in [0.2, 0.25) is 0 Å². The number of aromatic nitrogens is 4. The number of fused-ring (bicyclic) bond motifs is 2. The smallest absolute Gasteiger partial charge is 0.317 e. The van der Waals surface area contributed by atoms with E-state index in [2.05, 4.69) is 25.2 Å². The van der Waals surface area contributed by atoms with Gasteiger partial charge in [-0.3, -0.25) is 0 Å². The molecule has 2 aromatic heterocycles. The molecule has 4 heterocycles. The number of nitrogens with zero attached hydrogens (tertiary/aromatic N) is 6. The van der Waals surface area contributed by atoms with E-state index in [9.17, 15) is 4.79 Å². The number of carbonyl (C=O) groups excluding carboxylic acids is 1. The Balaban J connectivity index is 1.47. The zero-order valence-corrected chi connectivity index (χ0v) is 16.1. The molecule has 1 N–H and O–H groups in total. The molecule has 2 fully saturated rings. The maximum absolute atomic E-state index is 12.3. The lowest BCUT2D eigenvalue weighted by atomic mass is 10.0. The molecular formula is C18H27N7O2. The van der Waals surface area contributed by atoms with E-state index in [-0.39, 0.29) is 12.1 Å². The number of methoxy groups -OCH3 is 1. The van der Waals surface area contributed by atoms with Gasteiger partial charge in [0.2, 0.25) is 0 Å². The minimum absolute atomic E-state index is 0.0484. The molecule has 9 heteroatoms. The molecule has 9 nitrogen and oxygen atoms in total. The number of ether oxygens (including phenoxy) is 1. The van der Waals surface area contributed by atoms with Crippen molar-refractivity contribution in [1.29, 1.82) is 0 Å². The first-order chi connectivity index (χ1) is 13.1. The summed E-state index contributed by atoms with van der Waals surface area (Å²) in [7, 11) is 1.69. The minimum atomic E-state index is 0.0484. The highest BCUT2D eigenvalue weighted by Gasteiger charge is 2.42. The van der Waals surface area contributed by atoms with Crippen molar-refractivity contribution in [2.45, 2.75) is 26.4 Å². The summed E-state index contributed by atoms with van der Waals surface area (Å²) in [4.78, 5) is 30.0. The fraction of sp³-hybridized carbons (Fsp3) is 0.667. The summed E-state index contributed by atoms with van der Waals surface area (Å²) in [6, 6.07) is 0.212. The van der Waals surface area contributed by atoms with Gasteiger partial charge in [0.15, 0.2) is 17.0 Å². The molecule has 2 unspecified atom stereocenters. The van der Waals surface area contributed by atoms with Crippen LogP contribution in [0.25, 0.3) is 11.2 Å². The number of amides is 2. The van der Waals surface area contributed by atoms with E-state index in [1.807, 2.05) is 23.3 Å². The second-order valence-electron chi connectivity index (χ2n) is 7.73. The van der Waals surface area contributed by atoms with Crippen LogP contribution in [0.15, 0.2) is 12.7 Å². The van der Waals surface area contributed by atoms with Crippen LogP contribution in [0.1, 0.15) is 13.8 Å². The fourth-order valence-electron chi connectivity index (χ4n) is 4.12. The van der Waals surface area contributed by atoms with Crippen molar-refractivity contribution in [2.24, 2.45) is 11.8 Å². The maximum atomic E-state index is 12.3. The molecule has 2 atom stereocenters. The number of hydrogen-bond donors (Lipinski definition) is 1. The molecule has 0 bridgehead atoms. The van der Waals surface area contributed by atoms with Crippen LogP contribution in [-0.4, -0.2) is 76.4 Å². The standard InChI is InChI=1S/C18H27N7O2/c1-12(2)22-18(26)25-8-13-6-24(7-14(13)9-25)17-15-16(19-10-20-17)23(11-21-15)4-5-27-3/h10-14H,4-9H2,1-3H3,(H,22,26). The predicted molar refractivity (Wildman–Crippen MR) is 102 cm³/mol. The summed E-state index contributed by atoms with van der Waals surface area (Å²) >= 11 is 0. The van der Waals surface area contributed by atoms with Crippen molar-refractivity contribution in [2.75, 3.05) is 44.8 Å². The maximum Gasteiger partial charge on any atom is 0.317 e. The van der Waals surface area contributed by atoms with Crippen molar-refractivity contribution < 1.29 is 9.53 Å². The first-order valence-corrected chi connectivity index (χ1v) is 9.52. The molecule has 2 amide bonds. The highest BCUT2D eigenvalue weighted by molar-refractivity contribution is 5.83. The lowest BCUT2D eigenvalue weighted by Crippen LogP contribution is -2.43. The van der Waals surface area contributed by atoms with E-state index in [1.54, 1.807) is 19.8 Å². The van der Waals surface area contributed by atoms with Gasteiger partial charge in [-0.15, -0.1) is 0 Å². The van der Waals surface area contributed by atoms with Gasteiger partial charge in [0, 0.05) is 57.7 Å². The number of likely N-dealkylation sites (tertiary alicyclic amines) is 1. The molecule has 146 valence electrons. The predicted octanol–water partition coefficient (Wildman–Crippen LogP) is 0.959. The van der Waals surface area contributed by atoms with Gasteiger partial charge in [-0.25, -0.2) is 19.7 Å². The molecule has 4 rings (SSSR count). The van der Waals surface area contributed by atoms with Gasteiger partial charge < -0.3 is 24.4 Å². The number of urea groups is 1. The lowest BCUT2D eigenvalue weighted by Gasteiger charge is -2.23. The third-order valence-corrected chi connectivity index (χ3v) is 5.40. The van der Waals surface area contributed by atoms with Crippen molar-refractivity contribution >= 4 is 23.0 Å². The highest BCUT2D eigenvalue weighted by atomic mass is 16.5. The minimum Gasteiger partial charge on any atom is -0.383 e. The SMILES string of the molecule is COCCn1cnc2c(N3CC4CN(C(=O)NC(C)C)CC4C3)ncnc21. The second kappa shape index (κ2) is 7.30. The molecule has 0 spiro atoms. The number of hydrogen-bond acceptors (Lipinski definition) is 6. The molecule has 27 heavy (non-hydrogen) atoms. The Morgan fingerprint density at radius 2 is 1.96 bits per heavy atom. The average molecular weight is 373 g/mol. The molecule has 2 saturated heterocycles. The van der Waals surface area contributed by atoms with Gasteiger partial charge >= 0.3 is 6.03 Å². The van der Waals surface area contributed by atoms with E-state index in [1.165, 1.54) is 0 Å². The van der Waals surface area contributed by atoms with Crippen molar-refractivity contribution in [3.8, 4) is 0 Å². The number of imidazole rings is 1. The summed E-state index contributed by atoms with van der Waals surface area (Å²) in [6.07, 6.45) is 3.41.